The first-order valence-electron chi connectivity index (χ1n) is 8.67. The molecule has 21 heavy (non-hydrogen) atoms. The number of carboxylic acids is 1. The summed E-state index contributed by atoms with van der Waals surface area (Å²) in [6, 6.07) is 0. The maximum Gasteiger partial charge on any atom is 0.303 e. The van der Waals surface area contributed by atoms with Crippen LogP contribution in [0.25, 0.3) is 0 Å². The van der Waals surface area contributed by atoms with E-state index in [1.54, 1.807) is 0 Å². The molecule has 0 aromatic rings. The third kappa shape index (κ3) is 9.86. The molecule has 1 saturated heterocycles. The molecule has 1 fully saturated rings. The van der Waals surface area contributed by atoms with Gasteiger partial charge in [0, 0.05) is 19.5 Å². The van der Waals surface area contributed by atoms with Gasteiger partial charge in [-0.15, -0.1) is 0 Å². The van der Waals surface area contributed by atoms with Gasteiger partial charge in [-0.3, -0.25) is 9.69 Å². The number of carboxylic acid groups (broad SMARTS) is 1. The second-order valence-electron chi connectivity index (χ2n) is 6.49. The van der Waals surface area contributed by atoms with Crippen molar-refractivity contribution < 1.29 is 14.6 Å². The fourth-order valence-electron chi connectivity index (χ4n) is 3.14. The minimum Gasteiger partial charge on any atom is -0.481 e. The molecule has 1 heterocycles. The van der Waals surface area contributed by atoms with Crippen molar-refractivity contribution in [2.75, 3.05) is 19.6 Å². The zero-order chi connectivity index (χ0) is 15.5. The summed E-state index contributed by atoms with van der Waals surface area (Å²) in [4.78, 5) is 12.9. The number of unbranched alkanes of at least 4 members (excludes halogenated alkanes) is 7. The van der Waals surface area contributed by atoms with Crippen LogP contribution in [0, 0.1) is 0 Å². The molecule has 0 aliphatic carbocycles. The molecule has 0 amide bonds. The molecule has 0 radical (unpaired) electrons. The second kappa shape index (κ2) is 11.0. The van der Waals surface area contributed by atoms with Crippen molar-refractivity contribution in [2.45, 2.75) is 83.8 Å². The Balaban J connectivity index is 1.85. The van der Waals surface area contributed by atoms with Gasteiger partial charge in [-0.25, -0.2) is 0 Å². The fourth-order valence-corrected chi connectivity index (χ4v) is 3.14. The Morgan fingerprint density at radius 3 is 1.95 bits per heavy atom. The molecule has 0 spiro atoms. The summed E-state index contributed by atoms with van der Waals surface area (Å²) in [5, 5.41) is 8.54. The molecule has 0 aromatic heterocycles. The van der Waals surface area contributed by atoms with Gasteiger partial charge in [0.15, 0.2) is 0 Å². The van der Waals surface area contributed by atoms with Gasteiger partial charge in [0.1, 0.15) is 0 Å². The summed E-state index contributed by atoms with van der Waals surface area (Å²) < 4.78 is 5.74. The predicted octanol–water partition coefficient (Wildman–Crippen LogP) is 3.69. The molecule has 4 nitrogen and oxygen atoms in total. The highest BCUT2D eigenvalue weighted by molar-refractivity contribution is 5.66. The second-order valence-corrected chi connectivity index (χ2v) is 6.49. The molecular formula is C17H33NO3. The highest BCUT2D eigenvalue weighted by Gasteiger charge is 2.21. The highest BCUT2D eigenvalue weighted by Crippen LogP contribution is 2.13. The molecule has 0 bridgehead atoms. The van der Waals surface area contributed by atoms with Gasteiger partial charge in [0.2, 0.25) is 0 Å². The summed E-state index contributed by atoms with van der Waals surface area (Å²) in [6.07, 6.45) is 10.6. The summed E-state index contributed by atoms with van der Waals surface area (Å²) in [7, 11) is 0. The first-order valence-corrected chi connectivity index (χ1v) is 8.67. The van der Waals surface area contributed by atoms with Gasteiger partial charge in [-0.1, -0.05) is 38.5 Å². The number of nitrogens with zero attached hydrogens (tertiary/aromatic N) is 1. The van der Waals surface area contributed by atoms with Crippen molar-refractivity contribution in [3.8, 4) is 0 Å². The van der Waals surface area contributed by atoms with Crippen LogP contribution in [0.2, 0.25) is 0 Å². The van der Waals surface area contributed by atoms with E-state index in [0.29, 0.717) is 18.6 Å². The number of ether oxygens (including phenoxy) is 1. The quantitative estimate of drug-likeness (QED) is 0.591. The van der Waals surface area contributed by atoms with Gasteiger partial charge in [0.25, 0.3) is 0 Å². The van der Waals surface area contributed by atoms with E-state index in [1.807, 2.05) is 0 Å². The van der Waals surface area contributed by atoms with Crippen LogP contribution in [0.5, 0.6) is 0 Å². The van der Waals surface area contributed by atoms with E-state index in [2.05, 4.69) is 18.7 Å². The average molecular weight is 299 g/mol. The maximum atomic E-state index is 10.4. The summed E-state index contributed by atoms with van der Waals surface area (Å²) >= 11 is 0. The molecular weight excluding hydrogens is 266 g/mol. The smallest absolute Gasteiger partial charge is 0.303 e. The summed E-state index contributed by atoms with van der Waals surface area (Å²) in [6.45, 7) is 7.68. The Kier molecular flexibility index (Phi) is 9.68. The largest absolute Gasteiger partial charge is 0.481 e. The highest BCUT2D eigenvalue weighted by atomic mass is 16.5. The Morgan fingerprint density at radius 2 is 1.43 bits per heavy atom. The van der Waals surface area contributed by atoms with Crippen LogP contribution in [0.1, 0.15) is 71.6 Å². The molecule has 1 rings (SSSR count). The van der Waals surface area contributed by atoms with Crippen molar-refractivity contribution in [2.24, 2.45) is 0 Å². The number of carbonyl (C=O) groups is 1. The molecule has 0 aromatic carbocycles. The standard InChI is InChI=1S/C17H33NO3/c1-15-13-18(14-16(2)21-15)12-10-8-6-4-3-5-7-9-11-17(19)20/h15-16H,3-14H2,1-2H3,(H,19,20)/t15-,16+. The third-order valence-corrected chi connectivity index (χ3v) is 4.11. The number of hydrogen-bond donors (Lipinski definition) is 1. The monoisotopic (exact) mass is 299 g/mol. The Bertz CT molecular complexity index is 273. The number of morpholine rings is 1. The first kappa shape index (κ1) is 18.4. The minimum absolute atomic E-state index is 0.330. The van der Waals surface area contributed by atoms with Crippen LogP contribution >= 0.6 is 0 Å². The SMILES string of the molecule is C[C@@H]1CN(CCCCCCCCCCC(=O)O)C[C@H](C)O1. The Morgan fingerprint density at radius 1 is 0.952 bits per heavy atom. The van der Waals surface area contributed by atoms with Crippen molar-refractivity contribution in [3.63, 3.8) is 0 Å². The molecule has 4 heteroatoms. The van der Waals surface area contributed by atoms with Gasteiger partial charge >= 0.3 is 5.97 Å². The molecule has 0 saturated carbocycles. The summed E-state index contributed by atoms with van der Waals surface area (Å²) in [5.74, 6) is -0.665. The lowest BCUT2D eigenvalue weighted by atomic mass is 10.1. The lowest BCUT2D eigenvalue weighted by Gasteiger charge is -2.35. The van der Waals surface area contributed by atoms with Crippen LogP contribution < -0.4 is 0 Å². The van der Waals surface area contributed by atoms with E-state index in [9.17, 15) is 4.79 Å². The van der Waals surface area contributed by atoms with E-state index in [4.69, 9.17) is 9.84 Å². The number of aliphatic carboxylic acids is 1. The van der Waals surface area contributed by atoms with Crippen LogP contribution in [-0.2, 0) is 9.53 Å². The van der Waals surface area contributed by atoms with Crippen molar-refractivity contribution in [1.29, 1.82) is 0 Å². The van der Waals surface area contributed by atoms with E-state index < -0.39 is 5.97 Å². The average Bonchev–Trinajstić information content (AvgIpc) is 2.39. The number of hydrogen-bond acceptors (Lipinski definition) is 3. The molecule has 2 atom stereocenters. The molecule has 1 aliphatic rings. The van der Waals surface area contributed by atoms with Gasteiger partial charge in [-0.05, 0) is 33.2 Å². The van der Waals surface area contributed by atoms with Gasteiger partial charge in [0.05, 0.1) is 12.2 Å². The van der Waals surface area contributed by atoms with E-state index in [-0.39, 0.29) is 0 Å². The molecule has 1 N–H and O–H groups in total. The van der Waals surface area contributed by atoms with Crippen LogP contribution in [0.15, 0.2) is 0 Å². The van der Waals surface area contributed by atoms with Crippen LogP contribution in [0.4, 0.5) is 0 Å². The molecule has 1 aliphatic heterocycles. The summed E-state index contributed by atoms with van der Waals surface area (Å²) in [5.41, 5.74) is 0. The third-order valence-electron chi connectivity index (χ3n) is 4.11. The van der Waals surface area contributed by atoms with Gasteiger partial charge in [-0.2, -0.15) is 0 Å². The number of rotatable bonds is 11. The Hall–Kier alpha value is -0.610. The van der Waals surface area contributed by atoms with Crippen LogP contribution in [-0.4, -0.2) is 47.8 Å². The lowest BCUT2D eigenvalue weighted by Crippen LogP contribution is -2.45. The zero-order valence-corrected chi connectivity index (χ0v) is 13.9. The van der Waals surface area contributed by atoms with E-state index in [1.165, 1.54) is 45.1 Å². The predicted molar refractivity (Wildman–Crippen MR) is 85.6 cm³/mol. The van der Waals surface area contributed by atoms with E-state index in [0.717, 1.165) is 25.9 Å². The lowest BCUT2D eigenvalue weighted by molar-refractivity contribution is -0.137. The normalized spacial score (nSPS) is 23.3. The fraction of sp³-hybridized carbons (Fsp3) is 0.941. The Labute approximate surface area is 129 Å². The van der Waals surface area contributed by atoms with Crippen LogP contribution in [0.3, 0.4) is 0 Å². The van der Waals surface area contributed by atoms with E-state index >= 15 is 0 Å². The first-order chi connectivity index (χ1) is 10.1. The zero-order valence-electron chi connectivity index (χ0n) is 13.9. The maximum absolute atomic E-state index is 10.4. The van der Waals surface area contributed by atoms with Crippen molar-refractivity contribution >= 4 is 5.97 Å². The van der Waals surface area contributed by atoms with Gasteiger partial charge < -0.3 is 9.84 Å². The van der Waals surface area contributed by atoms with Crippen molar-refractivity contribution in [1.82, 2.24) is 4.90 Å². The van der Waals surface area contributed by atoms with Crippen molar-refractivity contribution in [3.05, 3.63) is 0 Å². The topological polar surface area (TPSA) is 49.8 Å². The molecule has 0 unspecified atom stereocenters. The minimum atomic E-state index is -0.665. The molecule has 124 valence electrons.